The van der Waals surface area contributed by atoms with Gasteiger partial charge in [0.2, 0.25) is 15.9 Å². The van der Waals surface area contributed by atoms with Gasteiger partial charge in [0.15, 0.2) is 0 Å². The molecule has 1 aromatic rings. The number of benzene rings is 1. The van der Waals surface area contributed by atoms with Gasteiger partial charge in [-0.25, -0.2) is 12.8 Å². The van der Waals surface area contributed by atoms with Crippen molar-refractivity contribution in [3.8, 4) is 6.07 Å². The molecule has 1 aliphatic heterocycles. The zero-order chi connectivity index (χ0) is 17.2. The van der Waals surface area contributed by atoms with Crippen molar-refractivity contribution in [2.45, 2.75) is 30.7 Å². The Morgan fingerprint density at radius 1 is 1.39 bits per heavy atom. The molecule has 2 rings (SSSR count). The molecule has 1 aromatic carbocycles. The first-order valence-electron chi connectivity index (χ1n) is 7.20. The minimum absolute atomic E-state index is 0.0156. The van der Waals surface area contributed by atoms with Gasteiger partial charge in [0, 0.05) is 33.1 Å². The molecule has 0 radical (unpaired) electrons. The van der Waals surface area contributed by atoms with Crippen LogP contribution in [0, 0.1) is 17.1 Å². The summed E-state index contributed by atoms with van der Waals surface area (Å²) in [6, 6.07) is 4.87. The Morgan fingerprint density at radius 2 is 2.00 bits per heavy atom. The molecule has 0 aliphatic carbocycles. The molecule has 1 aliphatic rings. The van der Waals surface area contributed by atoms with Gasteiger partial charge in [-0.2, -0.15) is 9.57 Å². The van der Waals surface area contributed by atoms with Crippen LogP contribution in [-0.2, 0) is 14.8 Å². The first-order chi connectivity index (χ1) is 10.8. The van der Waals surface area contributed by atoms with Crippen LogP contribution in [0.4, 0.5) is 4.39 Å². The number of piperidine rings is 1. The standard InChI is InChI=1S/C15H18FN3O3S/c1-11(20)18(2)13-5-7-19(8-6-13)23(21,22)14-3-4-15(16)12(9-14)10-17/h3-4,9,13H,5-8H2,1-2H3. The van der Waals surface area contributed by atoms with Gasteiger partial charge < -0.3 is 4.90 Å². The molecule has 0 saturated carbocycles. The van der Waals surface area contributed by atoms with Gasteiger partial charge in [0.1, 0.15) is 11.9 Å². The second kappa shape index (κ2) is 6.64. The first-order valence-corrected chi connectivity index (χ1v) is 8.64. The van der Waals surface area contributed by atoms with Crippen LogP contribution in [0.15, 0.2) is 23.1 Å². The van der Waals surface area contributed by atoms with Gasteiger partial charge in [-0.1, -0.05) is 0 Å². The van der Waals surface area contributed by atoms with E-state index in [1.807, 2.05) is 0 Å². The van der Waals surface area contributed by atoms with Crippen LogP contribution in [0.2, 0.25) is 0 Å². The van der Waals surface area contributed by atoms with Crippen molar-refractivity contribution in [3.63, 3.8) is 0 Å². The molecule has 0 unspecified atom stereocenters. The number of carbonyl (C=O) groups is 1. The molecule has 1 fully saturated rings. The third kappa shape index (κ3) is 3.51. The lowest BCUT2D eigenvalue weighted by molar-refractivity contribution is -0.130. The summed E-state index contributed by atoms with van der Waals surface area (Å²) in [5.74, 6) is -0.795. The molecule has 1 amide bonds. The molecule has 0 aromatic heterocycles. The number of sulfonamides is 1. The summed E-state index contributed by atoms with van der Waals surface area (Å²) in [6.07, 6.45) is 1.09. The van der Waals surface area contributed by atoms with Crippen molar-refractivity contribution in [1.29, 1.82) is 5.26 Å². The molecule has 0 N–H and O–H groups in total. The van der Waals surface area contributed by atoms with Crippen molar-refractivity contribution >= 4 is 15.9 Å². The Bertz CT molecular complexity index is 750. The van der Waals surface area contributed by atoms with Crippen LogP contribution in [0.25, 0.3) is 0 Å². The predicted molar refractivity (Wildman–Crippen MR) is 81.3 cm³/mol. The molecule has 0 atom stereocenters. The highest BCUT2D eigenvalue weighted by Gasteiger charge is 2.31. The van der Waals surface area contributed by atoms with Gasteiger partial charge in [-0.05, 0) is 31.0 Å². The lowest BCUT2D eigenvalue weighted by Gasteiger charge is -2.35. The van der Waals surface area contributed by atoms with Crippen molar-refractivity contribution in [3.05, 3.63) is 29.6 Å². The van der Waals surface area contributed by atoms with Crippen molar-refractivity contribution in [2.75, 3.05) is 20.1 Å². The number of hydrogen-bond acceptors (Lipinski definition) is 4. The molecule has 1 heterocycles. The molecule has 1 saturated heterocycles. The first kappa shape index (κ1) is 17.4. The number of hydrogen-bond donors (Lipinski definition) is 0. The van der Waals surface area contributed by atoms with Crippen LogP contribution in [0.3, 0.4) is 0 Å². The van der Waals surface area contributed by atoms with E-state index in [0.29, 0.717) is 12.8 Å². The summed E-state index contributed by atoms with van der Waals surface area (Å²) in [7, 11) is -2.06. The third-order valence-corrected chi connectivity index (χ3v) is 6.06. The molecule has 0 bridgehead atoms. The minimum atomic E-state index is -3.77. The maximum absolute atomic E-state index is 13.3. The lowest BCUT2D eigenvalue weighted by atomic mass is 10.1. The zero-order valence-electron chi connectivity index (χ0n) is 13.0. The van der Waals surface area contributed by atoms with E-state index in [1.54, 1.807) is 18.0 Å². The summed E-state index contributed by atoms with van der Waals surface area (Å²) in [5.41, 5.74) is -0.294. The highest BCUT2D eigenvalue weighted by molar-refractivity contribution is 7.89. The van der Waals surface area contributed by atoms with Gasteiger partial charge in [0.05, 0.1) is 10.5 Å². The topological polar surface area (TPSA) is 81.5 Å². The molecule has 0 spiro atoms. The van der Waals surface area contributed by atoms with Gasteiger partial charge in [-0.15, -0.1) is 0 Å². The van der Waals surface area contributed by atoms with Crippen molar-refractivity contribution in [2.24, 2.45) is 0 Å². The van der Waals surface area contributed by atoms with Crippen molar-refractivity contribution < 1.29 is 17.6 Å². The fourth-order valence-corrected chi connectivity index (χ4v) is 4.12. The molecule has 8 heteroatoms. The fraction of sp³-hybridized carbons (Fsp3) is 0.467. The van der Waals surface area contributed by atoms with Gasteiger partial charge in [0.25, 0.3) is 0 Å². The molecule has 23 heavy (non-hydrogen) atoms. The third-order valence-electron chi connectivity index (χ3n) is 4.16. The Balaban J connectivity index is 2.17. The number of rotatable bonds is 3. The fourth-order valence-electron chi connectivity index (χ4n) is 2.63. The minimum Gasteiger partial charge on any atom is -0.343 e. The summed E-state index contributed by atoms with van der Waals surface area (Å²) in [4.78, 5) is 12.9. The highest BCUT2D eigenvalue weighted by atomic mass is 32.2. The highest BCUT2D eigenvalue weighted by Crippen LogP contribution is 2.24. The van der Waals surface area contributed by atoms with Crippen molar-refractivity contribution in [1.82, 2.24) is 9.21 Å². The summed E-state index contributed by atoms with van der Waals surface area (Å²) in [5, 5.41) is 8.83. The van der Waals surface area contributed by atoms with E-state index in [4.69, 9.17) is 5.26 Å². The molecular formula is C15H18FN3O3S. The van der Waals surface area contributed by atoms with E-state index < -0.39 is 15.8 Å². The van der Waals surface area contributed by atoms with Gasteiger partial charge >= 0.3 is 0 Å². The van der Waals surface area contributed by atoms with E-state index in [9.17, 15) is 17.6 Å². The number of amides is 1. The van der Waals surface area contributed by atoms with E-state index in [1.165, 1.54) is 17.3 Å². The number of nitrogens with zero attached hydrogens (tertiary/aromatic N) is 3. The Labute approximate surface area is 135 Å². The Morgan fingerprint density at radius 3 is 2.52 bits per heavy atom. The lowest BCUT2D eigenvalue weighted by Crippen LogP contribution is -2.46. The van der Waals surface area contributed by atoms with Gasteiger partial charge in [-0.3, -0.25) is 4.79 Å². The molecule has 6 nitrogen and oxygen atoms in total. The van der Waals surface area contributed by atoms with E-state index in [2.05, 4.69) is 0 Å². The molecular weight excluding hydrogens is 321 g/mol. The largest absolute Gasteiger partial charge is 0.343 e. The van der Waals surface area contributed by atoms with Crippen LogP contribution < -0.4 is 0 Å². The predicted octanol–water partition coefficient (Wildman–Crippen LogP) is 1.33. The number of halogens is 1. The SMILES string of the molecule is CC(=O)N(C)C1CCN(S(=O)(=O)c2ccc(F)c(C#N)c2)CC1. The average Bonchev–Trinajstić information content (AvgIpc) is 2.54. The van der Waals surface area contributed by atoms with Crippen LogP contribution in [0.5, 0.6) is 0 Å². The number of carbonyl (C=O) groups excluding carboxylic acids is 1. The Kier molecular flexibility index (Phi) is 5.02. The quantitative estimate of drug-likeness (QED) is 0.832. The van der Waals surface area contributed by atoms with E-state index >= 15 is 0 Å². The van der Waals surface area contributed by atoms with Crippen LogP contribution in [0.1, 0.15) is 25.3 Å². The monoisotopic (exact) mass is 339 g/mol. The maximum Gasteiger partial charge on any atom is 0.243 e. The summed E-state index contributed by atoms with van der Waals surface area (Å²) >= 11 is 0. The average molecular weight is 339 g/mol. The molecule has 124 valence electrons. The second-order valence-corrected chi connectivity index (χ2v) is 7.46. The van der Waals surface area contributed by atoms with Crippen LogP contribution in [-0.4, -0.2) is 49.7 Å². The smallest absolute Gasteiger partial charge is 0.243 e. The normalized spacial score (nSPS) is 16.8. The number of nitriles is 1. The van der Waals surface area contributed by atoms with E-state index in [-0.39, 0.29) is 35.5 Å². The summed E-state index contributed by atoms with van der Waals surface area (Å²) < 4.78 is 39.8. The van der Waals surface area contributed by atoms with Crippen LogP contribution >= 0.6 is 0 Å². The maximum atomic E-state index is 13.3. The van der Waals surface area contributed by atoms with E-state index in [0.717, 1.165) is 12.1 Å². The Hall–Kier alpha value is -1.98. The second-order valence-electron chi connectivity index (χ2n) is 5.52. The zero-order valence-corrected chi connectivity index (χ0v) is 13.8. The summed E-state index contributed by atoms with van der Waals surface area (Å²) in [6.45, 7) is 2.04.